The number of rotatable bonds is 4. The Morgan fingerprint density at radius 3 is 2.72 bits per heavy atom. The van der Waals surface area contributed by atoms with Gasteiger partial charge in [-0.15, -0.1) is 0 Å². The molecule has 4 heteroatoms. The van der Waals surface area contributed by atoms with Gasteiger partial charge in [-0.05, 0) is 36.7 Å². The molecule has 18 heavy (non-hydrogen) atoms. The van der Waals surface area contributed by atoms with Crippen LogP contribution < -0.4 is 5.32 Å². The van der Waals surface area contributed by atoms with Crippen LogP contribution in [0.3, 0.4) is 0 Å². The van der Waals surface area contributed by atoms with Gasteiger partial charge in [0.05, 0.1) is 11.7 Å². The first-order valence-corrected chi connectivity index (χ1v) is 6.10. The van der Waals surface area contributed by atoms with E-state index in [4.69, 9.17) is 0 Å². The second-order valence-electron chi connectivity index (χ2n) is 4.41. The van der Waals surface area contributed by atoms with Crippen molar-refractivity contribution in [3.63, 3.8) is 0 Å². The van der Waals surface area contributed by atoms with Crippen molar-refractivity contribution in [2.75, 3.05) is 6.54 Å². The van der Waals surface area contributed by atoms with Crippen molar-refractivity contribution in [3.8, 4) is 0 Å². The Labute approximate surface area is 107 Å². The molecule has 1 aromatic carbocycles. The highest BCUT2D eigenvalue weighted by molar-refractivity contribution is 5.30. The van der Waals surface area contributed by atoms with Gasteiger partial charge in [-0.3, -0.25) is 4.68 Å². The van der Waals surface area contributed by atoms with Crippen LogP contribution in [0, 0.1) is 12.7 Å². The van der Waals surface area contributed by atoms with Crippen LogP contribution in [-0.2, 0) is 7.05 Å². The molecular formula is C14H18FN3. The van der Waals surface area contributed by atoms with Crippen molar-refractivity contribution >= 4 is 0 Å². The molecule has 0 bridgehead atoms. The average molecular weight is 247 g/mol. The fourth-order valence-electron chi connectivity index (χ4n) is 1.97. The summed E-state index contributed by atoms with van der Waals surface area (Å²) in [5, 5.41) is 7.72. The minimum atomic E-state index is -0.175. The van der Waals surface area contributed by atoms with Crippen molar-refractivity contribution in [2.24, 2.45) is 7.05 Å². The molecule has 1 atom stereocenters. The van der Waals surface area contributed by atoms with Crippen molar-refractivity contribution in [1.29, 1.82) is 0 Å². The highest BCUT2D eigenvalue weighted by Gasteiger charge is 2.16. The van der Waals surface area contributed by atoms with E-state index in [0.717, 1.165) is 17.8 Å². The number of halogens is 1. The van der Waals surface area contributed by atoms with E-state index in [0.29, 0.717) is 5.56 Å². The first kappa shape index (κ1) is 12.8. The lowest BCUT2D eigenvalue weighted by Crippen LogP contribution is -2.22. The fraction of sp³-hybridized carbons (Fsp3) is 0.357. The molecule has 1 N–H and O–H groups in total. The van der Waals surface area contributed by atoms with Gasteiger partial charge in [0.15, 0.2) is 0 Å². The van der Waals surface area contributed by atoms with Crippen molar-refractivity contribution in [3.05, 3.63) is 53.1 Å². The summed E-state index contributed by atoms with van der Waals surface area (Å²) in [5.74, 6) is -0.175. The predicted octanol–water partition coefficient (Wildman–Crippen LogP) is 2.57. The van der Waals surface area contributed by atoms with E-state index < -0.39 is 0 Å². The Balaban J connectivity index is 2.37. The molecule has 0 aliphatic carbocycles. The van der Waals surface area contributed by atoms with Crippen LogP contribution in [0.5, 0.6) is 0 Å². The van der Waals surface area contributed by atoms with Gasteiger partial charge in [0, 0.05) is 13.2 Å². The Hall–Kier alpha value is -1.68. The van der Waals surface area contributed by atoms with Gasteiger partial charge < -0.3 is 5.32 Å². The van der Waals surface area contributed by atoms with Gasteiger partial charge in [-0.25, -0.2) is 4.39 Å². The summed E-state index contributed by atoms with van der Waals surface area (Å²) in [6.07, 6.45) is 1.89. The van der Waals surface area contributed by atoms with Gasteiger partial charge in [-0.1, -0.05) is 19.1 Å². The molecule has 0 spiro atoms. The molecule has 2 rings (SSSR count). The number of benzene rings is 1. The maximum Gasteiger partial charge on any atom is 0.126 e. The zero-order valence-corrected chi connectivity index (χ0v) is 10.9. The summed E-state index contributed by atoms with van der Waals surface area (Å²) >= 11 is 0. The summed E-state index contributed by atoms with van der Waals surface area (Å²) < 4.78 is 15.4. The zero-order chi connectivity index (χ0) is 13.1. The van der Waals surface area contributed by atoms with Gasteiger partial charge in [0.1, 0.15) is 5.82 Å². The van der Waals surface area contributed by atoms with Crippen molar-refractivity contribution in [1.82, 2.24) is 15.1 Å². The summed E-state index contributed by atoms with van der Waals surface area (Å²) in [5.41, 5.74) is 2.47. The van der Waals surface area contributed by atoms with Gasteiger partial charge in [0.25, 0.3) is 0 Å². The Bertz CT molecular complexity index is 534. The second-order valence-corrected chi connectivity index (χ2v) is 4.41. The van der Waals surface area contributed by atoms with Crippen molar-refractivity contribution in [2.45, 2.75) is 19.9 Å². The first-order chi connectivity index (χ1) is 8.61. The zero-order valence-electron chi connectivity index (χ0n) is 10.9. The average Bonchev–Trinajstić information content (AvgIpc) is 2.76. The molecule has 0 saturated carbocycles. The van der Waals surface area contributed by atoms with E-state index in [2.05, 4.69) is 10.4 Å². The molecule has 0 fully saturated rings. The topological polar surface area (TPSA) is 29.9 Å². The number of nitrogens with one attached hydrogen (secondary N) is 1. The standard InChI is InChI=1S/C14H18FN3/c1-4-16-14(13-7-8-18(3)17-13)11-6-5-10(2)12(15)9-11/h5-9,14,16H,4H2,1-3H3. The van der Waals surface area contributed by atoms with Crippen LogP contribution in [0.4, 0.5) is 4.39 Å². The molecule has 0 amide bonds. The fourth-order valence-corrected chi connectivity index (χ4v) is 1.97. The summed E-state index contributed by atoms with van der Waals surface area (Å²) in [4.78, 5) is 0. The van der Waals surface area contributed by atoms with E-state index in [1.165, 1.54) is 0 Å². The van der Waals surface area contributed by atoms with Crippen LogP contribution in [0.15, 0.2) is 30.5 Å². The molecule has 0 radical (unpaired) electrons. The number of hydrogen-bond donors (Lipinski definition) is 1. The van der Waals surface area contributed by atoms with Gasteiger partial charge in [0.2, 0.25) is 0 Å². The highest BCUT2D eigenvalue weighted by Crippen LogP contribution is 2.22. The van der Waals surface area contributed by atoms with E-state index >= 15 is 0 Å². The lowest BCUT2D eigenvalue weighted by Gasteiger charge is -2.16. The number of hydrogen-bond acceptors (Lipinski definition) is 2. The maximum atomic E-state index is 13.6. The van der Waals surface area contributed by atoms with Crippen LogP contribution in [0.25, 0.3) is 0 Å². The van der Waals surface area contributed by atoms with E-state index in [9.17, 15) is 4.39 Å². The van der Waals surface area contributed by atoms with Crippen LogP contribution in [0.2, 0.25) is 0 Å². The van der Waals surface area contributed by atoms with Crippen LogP contribution in [0.1, 0.15) is 29.8 Å². The molecular weight excluding hydrogens is 229 g/mol. The predicted molar refractivity (Wildman–Crippen MR) is 69.9 cm³/mol. The van der Waals surface area contributed by atoms with E-state index in [1.807, 2.05) is 32.3 Å². The molecule has 1 unspecified atom stereocenters. The van der Waals surface area contributed by atoms with Crippen molar-refractivity contribution < 1.29 is 4.39 Å². The maximum absolute atomic E-state index is 13.6. The highest BCUT2D eigenvalue weighted by atomic mass is 19.1. The minimum absolute atomic E-state index is 0.0636. The minimum Gasteiger partial charge on any atom is -0.305 e. The smallest absolute Gasteiger partial charge is 0.126 e. The number of nitrogens with zero attached hydrogens (tertiary/aromatic N) is 2. The van der Waals surface area contributed by atoms with Gasteiger partial charge >= 0.3 is 0 Å². The SMILES string of the molecule is CCNC(c1ccc(C)c(F)c1)c1ccn(C)n1. The molecule has 0 saturated heterocycles. The van der Waals surface area contributed by atoms with Crippen LogP contribution in [-0.4, -0.2) is 16.3 Å². The molecule has 1 heterocycles. The molecule has 0 aliphatic heterocycles. The van der Waals surface area contributed by atoms with E-state index in [1.54, 1.807) is 23.7 Å². The van der Waals surface area contributed by atoms with E-state index in [-0.39, 0.29) is 11.9 Å². The second kappa shape index (κ2) is 5.31. The number of aryl methyl sites for hydroxylation is 2. The quantitative estimate of drug-likeness (QED) is 0.900. The summed E-state index contributed by atoms with van der Waals surface area (Å²) in [6, 6.07) is 7.21. The Morgan fingerprint density at radius 1 is 1.39 bits per heavy atom. The molecule has 3 nitrogen and oxygen atoms in total. The lowest BCUT2D eigenvalue weighted by molar-refractivity contribution is 0.583. The third kappa shape index (κ3) is 2.59. The lowest BCUT2D eigenvalue weighted by atomic mass is 10.0. The third-order valence-corrected chi connectivity index (χ3v) is 2.97. The summed E-state index contributed by atoms with van der Waals surface area (Å²) in [7, 11) is 1.88. The normalized spacial score (nSPS) is 12.7. The van der Waals surface area contributed by atoms with Crippen LogP contribution >= 0.6 is 0 Å². The molecule has 2 aromatic rings. The monoisotopic (exact) mass is 247 g/mol. The Kier molecular flexibility index (Phi) is 3.77. The van der Waals surface area contributed by atoms with Gasteiger partial charge in [-0.2, -0.15) is 5.10 Å². The largest absolute Gasteiger partial charge is 0.305 e. The molecule has 96 valence electrons. The first-order valence-electron chi connectivity index (χ1n) is 6.10. The third-order valence-electron chi connectivity index (χ3n) is 2.97. The molecule has 1 aromatic heterocycles. The number of aromatic nitrogens is 2. The summed E-state index contributed by atoms with van der Waals surface area (Å²) in [6.45, 7) is 4.60. The molecule has 0 aliphatic rings. The Morgan fingerprint density at radius 2 is 2.17 bits per heavy atom.